The first-order valence-corrected chi connectivity index (χ1v) is 5.55. The highest BCUT2D eigenvalue weighted by Gasteiger charge is 1.99. The molecule has 0 radical (unpaired) electrons. The monoisotopic (exact) mass is 253 g/mol. The van der Waals surface area contributed by atoms with Crippen LogP contribution in [0, 0.1) is 0 Å². The van der Waals surface area contributed by atoms with Gasteiger partial charge in [-0.25, -0.2) is 10.2 Å². The number of thiocarbonyl (C=S) groups is 1. The number of methoxy groups -OCH3 is 1. The molecule has 0 fully saturated rings. The molecule has 1 aromatic carbocycles. The van der Waals surface area contributed by atoms with Crippen molar-refractivity contribution in [1.29, 1.82) is 0 Å². The normalized spacial score (nSPS) is 9.24. The van der Waals surface area contributed by atoms with Crippen LogP contribution in [-0.4, -0.2) is 24.9 Å². The maximum atomic E-state index is 10.7. The van der Waals surface area contributed by atoms with Gasteiger partial charge in [0, 0.05) is 6.54 Å². The Balaban J connectivity index is 2.14. The molecule has 0 atom stereocenters. The van der Waals surface area contributed by atoms with Crippen LogP contribution in [0.3, 0.4) is 0 Å². The predicted octanol–water partition coefficient (Wildman–Crippen LogP) is 0.964. The molecular weight excluding hydrogens is 238 g/mol. The molecule has 6 heteroatoms. The van der Waals surface area contributed by atoms with Crippen LogP contribution in [0.4, 0.5) is 4.79 Å². The van der Waals surface area contributed by atoms with Crippen molar-refractivity contribution < 1.29 is 9.53 Å². The molecule has 0 aliphatic heterocycles. The van der Waals surface area contributed by atoms with Gasteiger partial charge in [-0.05, 0) is 24.2 Å². The van der Waals surface area contributed by atoms with Gasteiger partial charge in [0.1, 0.15) is 0 Å². The Kier molecular flexibility index (Phi) is 5.81. The second-order valence-electron chi connectivity index (χ2n) is 3.23. The molecule has 0 spiro atoms. The van der Waals surface area contributed by atoms with Crippen LogP contribution in [0.5, 0.6) is 0 Å². The quantitative estimate of drug-likeness (QED) is 0.553. The molecule has 3 N–H and O–H groups in total. The molecule has 0 aromatic heterocycles. The van der Waals surface area contributed by atoms with E-state index >= 15 is 0 Å². The van der Waals surface area contributed by atoms with E-state index in [1.54, 1.807) is 0 Å². The van der Waals surface area contributed by atoms with Crippen molar-refractivity contribution in [3.63, 3.8) is 0 Å². The molecule has 1 aromatic rings. The molecule has 0 saturated heterocycles. The van der Waals surface area contributed by atoms with Crippen LogP contribution in [0.15, 0.2) is 30.3 Å². The van der Waals surface area contributed by atoms with Crippen LogP contribution < -0.4 is 16.2 Å². The number of rotatable bonds is 3. The Labute approximate surface area is 106 Å². The summed E-state index contributed by atoms with van der Waals surface area (Å²) in [7, 11) is 1.28. The topological polar surface area (TPSA) is 62.4 Å². The molecule has 17 heavy (non-hydrogen) atoms. The highest BCUT2D eigenvalue weighted by Crippen LogP contribution is 1.97. The number of nitrogens with one attached hydrogen (secondary N) is 3. The summed E-state index contributed by atoms with van der Waals surface area (Å²) < 4.78 is 4.37. The van der Waals surface area contributed by atoms with Crippen LogP contribution in [0.25, 0.3) is 0 Å². The molecule has 92 valence electrons. The number of hydrogen-bond acceptors (Lipinski definition) is 3. The van der Waals surface area contributed by atoms with Crippen molar-refractivity contribution in [3.8, 4) is 0 Å². The standard InChI is InChI=1S/C11H15N3O2S/c1-16-11(15)14-13-10(17)12-8-7-9-5-3-2-4-6-9/h2-6H,7-8H2,1H3,(H,14,15)(H2,12,13,17). The van der Waals surface area contributed by atoms with E-state index in [1.165, 1.54) is 12.7 Å². The fourth-order valence-corrected chi connectivity index (χ4v) is 1.32. The number of amides is 1. The molecule has 0 unspecified atom stereocenters. The van der Waals surface area contributed by atoms with E-state index in [0.29, 0.717) is 11.7 Å². The summed E-state index contributed by atoms with van der Waals surface area (Å²) in [5.74, 6) is 0. The molecule has 0 aliphatic rings. The third-order valence-corrected chi connectivity index (χ3v) is 2.25. The lowest BCUT2D eigenvalue weighted by atomic mass is 10.1. The van der Waals surface area contributed by atoms with E-state index in [9.17, 15) is 4.79 Å². The van der Waals surface area contributed by atoms with Crippen molar-refractivity contribution in [2.75, 3.05) is 13.7 Å². The van der Waals surface area contributed by atoms with E-state index in [0.717, 1.165) is 6.42 Å². The van der Waals surface area contributed by atoms with Gasteiger partial charge in [-0.15, -0.1) is 0 Å². The minimum Gasteiger partial charge on any atom is -0.452 e. The molecule has 0 saturated carbocycles. The zero-order valence-electron chi connectivity index (χ0n) is 9.53. The van der Waals surface area contributed by atoms with E-state index in [-0.39, 0.29) is 0 Å². The van der Waals surface area contributed by atoms with Gasteiger partial charge in [0.05, 0.1) is 7.11 Å². The van der Waals surface area contributed by atoms with E-state index in [2.05, 4.69) is 20.9 Å². The Morgan fingerprint density at radius 1 is 1.29 bits per heavy atom. The highest BCUT2D eigenvalue weighted by molar-refractivity contribution is 7.80. The third-order valence-electron chi connectivity index (χ3n) is 2.01. The maximum absolute atomic E-state index is 10.7. The van der Waals surface area contributed by atoms with Gasteiger partial charge in [0.25, 0.3) is 0 Å². The average Bonchev–Trinajstić information content (AvgIpc) is 2.37. The van der Waals surface area contributed by atoms with Crippen molar-refractivity contribution in [2.24, 2.45) is 0 Å². The summed E-state index contributed by atoms with van der Waals surface area (Å²) in [6.45, 7) is 0.693. The first-order chi connectivity index (χ1) is 8.22. The lowest BCUT2D eigenvalue weighted by Gasteiger charge is -2.10. The maximum Gasteiger partial charge on any atom is 0.425 e. The van der Waals surface area contributed by atoms with E-state index in [4.69, 9.17) is 12.2 Å². The second kappa shape index (κ2) is 7.45. The SMILES string of the molecule is COC(=O)NNC(=S)NCCc1ccccc1. The summed E-state index contributed by atoms with van der Waals surface area (Å²) in [6, 6.07) is 10.1. The Bertz CT molecular complexity index is 370. The smallest absolute Gasteiger partial charge is 0.425 e. The average molecular weight is 253 g/mol. The summed E-state index contributed by atoms with van der Waals surface area (Å²) in [5, 5.41) is 3.31. The number of ether oxygens (including phenoxy) is 1. The van der Waals surface area contributed by atoms with Crippen molar-refractivity contribution in [2.45, 2.75) is 6.42 Å². The van der Waals surface area contributed by atoms with Gasteiger partial charge >= 0.3 is 6.09 Å². The third kappa shape index (κ3) is 5.72. The first-order valence-electron chi connectivity index (χ1n) is 5.14. The van der Waals surface area contributed by atoms with Crippen LogP contribution >= 0.6 is 12.2 Å². The van der Waals surface area contributed by atoms with Gasteiger partial charge in [-0.2, -0.15) is 0 Å². The zero-order valence-corrected chi connectivity index (χ0v) is 10.3. The minimum absolute atomic E-state index is 0.353. The molecular formula is C11H15N3O2S. The first kappa shape index (κ1) is 13.2. The van der Waals surface area contributed by atoms with Crippen molar-refractivity contribution in [3.05, 3.63) is 35.9 Å². The Morgan fingerprint density at radius 2 is 2.00 bits per heavy atom. The minimum atomic E-state index is -0.586. The number of hydrogen-bond donors (Lipinski definition) is 3. The van der Waals surface area contributed by atoms with E-state index in [1.807, 2.05) is 30.3 Å². The summed E-state index contributed by atoms with van der Waals surface area (Å²) in [5.41, 5.74) is 6.01. The molecule has 0 heterocycles. The number of hydrazine groups is 1. The van der Waals surface area contributed by atoms with E-state index < -0.39 is 6.09 Å². The van der Waals surface area contributed by atoms with Gasteiger partial charge < -0.3 is 10.1 Å². The molecule has 5 nitrogen and oxygen atoms in total. The lowest BCUT2D eigenvalue weighted by molar-refractivity contribution is 0.168. The summed E-state index contributed by atoms with van der Waals surface area (Å²) in [6.07, 6.45) is 0.276. The largest absolute Gasteiger partial charge is 0.452 e. The number of benzene rings is 1. The molecule has 0 aliphatic carbocycles. The van der Waals surface area contributed by atoms with Gasteiger partial charge in [0.15, 0.2) is 5.11 Å². The van der Waals surface area contributed by atoms with Gasteiger partial charge in [0.2, 0.25) is 0 Å². The molecule has 0 bridgehead atoms. The van der Waals surface area contributed by atoms with Crippen molar-refractivity contribution >= 4 is 23.4 Å². The number of carbonyl (C=O) groups excluding carboxylic acids is 1. The highest BCUT2D eigenvalue weighted by atomic mass is 32.1. The Morgan fingerprint density at radius 3 is 2.65 bits per heavy atom. The zero-order chi connectivity index (χ0) is 12.5. The van der Waals surface area contributed by atoms with Crippen molar-refractivity contribution in [1.82, 2.24) is 16.2 Å². The predicted molar refractivity (Wildman–Crippen MR) is 69.4 cm³/mol. The summed E-state index contributed by atoms with van der Waals surface area (Å²) in [4.78, 5) is 10.7. The van der Waals surface area contributed by atoms with Gasteiger partial charge in [-0.1, -0.05) is 30.3 Å². The second-order valence-corrected chi connectivity index (χ2v) is 3.64. The fraction of sp³-hybridized carbons (Fsp3) is 0.273. The fourth-order valence-electron chi connectivity index (χ4n) is 1.17. The summed E-state index contributed by atoms with van der Waals surface area (Å²) >= 11 is 4.94. The lowest BCUT2D eigenvalue weighted by Crippen LogP contribution is -2.47. The van der Waals surface area contributed by atoms with Crippen LogP contribution in [0.1, 0.15) is 5.56 Å². The molecule has 1 rings (SSSR count). The van der Waals surface area contributed by atoms with Gasteiger partial charge in [-0.3, -0.25) is 5.43 Å². The Hall–Kier alpha value is -1.82. The molecule has 1 amide bonds. The number of carbonyl (C=O) groups is 1. The van der Waals surface area contributed by atoms with Crippen LogP contribution in [0.2, 0.25) is 0 Å². The van der Waals surface area contributed by atoms with Crippen LogP contribution in [-0.2, 0) is 11.2 Å².